The Morgan fingerprint density at radius 1 is 0.763 bits per heavy atom. The number of quaternary nitrogens is 1. The molecule has 338 valence electrons. The summed E-state index contributed by atoms with van der Waals surface area (Å²) in [6.07, 6.45) is 33.8. The maximum atomic E-state index is 12.8. The monoisotopic (exact) mass is 853 g/mol. The molecule has 0 saturated heterocycles. The second-order valence-corrected chi connectivity index (χ2v) is 17.8. The summed E-state index contributed by atoms with van der Waals surface area (Å²) < 4.78 is 34.1. The van der Waals surface area contributed by atoms with Crippen LogP contribution in [0.5, 0.6) is 0 Å². The van der Waals surface area contributed by atoms with Crippen molar-refractivity contribution in [3.05, 3.63) is 72.9 Å². The molecule has 1 rings (SSSR count). The van der Waals surface area contributed by atoms with Crippen molar-refractivity contribution in [1.82, 2.24) is 0 Å². The molecule has 1 fully saturated rings. The molecular formula is C46H79NO11P+. The molecule has 12 nitrogen and oxygen atoms in total. The molecule has 0 heterocycles. The van der Waals surface area contributed by atoms with Gasteiger partial charge < -0.3 is 34.2 Å². The number of unbranched alkanes of at least 4 members (excludes halogenated alkanes) is 6. The molecule has 0 aromatic carbocycles. The highest BCUT2D eigenvalue weighted by molar-refractivity contribution is 7.47. The van der Waals surface area contributed by atoms with Gasteiger partial charge in [0.05, 0.1) is 52.5 Å². The highest BCUT2D eigenvalue weighted by Crippen LogP contribution is 2.43. The summed E-state index contributed by atoms with van der Waals surface area (Å²) in [6, 6.07) is 0. The number of likely N-dealkylation sites (N-methyl/N-ethyl adjacent to an activating group) is 1. The Kier molecular flexibility index (Phi) is 30.4. The lowest BCUT2D eigenvalue weighted by atomic mass is 9.89. The molecule has 0 aliphatic heterocycles. The van der Waals surface area contributed by atoms with Crippen LogP contribution in [0.2, 0.25) is 0 Å². The number of hydrogen-bond donors (Lipinski definition) is 4. The van der Waals surface area contributed by atoms with Gasteiger partial charge in [-0.15, -0.1) is 0 Å². The molecule has 0 amide bonds. The number of hydrogen-bond acceptors (Lipinski definition) is 10. The number of carbonyl (C=O) groups excluding carboxylic acids is 2. The van der Waals surface area contributed by atoms with Crippen LogP contribution in [0.1, 0.15) is 123 Å². The molecular weight excluding hydrogens is 773 g/mol. The number of nitrogens with zero attached hydrogens (tertiary/aromatic N) is 1. The number of carbonyl (C=O) groups is 2. The molecule has 1 unspecified atom stereocenters. The second-order valence-electron chi connectivity index (χ2n) is 16.4. The van der Waals surface area contributed by atoms with Gasteiger partial charge >= 0.3 is 19.8 Å². The Morgan fingerprint density at radius 2 is 1.37 bits per heavy atom. The number of allylic oxidation sites excluding steroid dienone is 9. The fourth-order valence-corrected chi connectivity index (χ4v) is 7.02. The van der Waals surface area contributed by atoms with Gasteiger partial charge in [0.1, 0.15) is 19.8 Å². The summed E-state index contributed by atoms with van der Waals surface area (Å²) in [5, 5.41) is 31.4. The Bertz CT molecular complexity index is 1350. The zero-order valence-corrected chi connectivity index (χ0v) is 37.7. The van der Waals surface area contributed by atoms with Crippen molar-refractivity contribution in [2.45, 2.75) is 147 Å². The molecule has 0 aromatic rings. The maximum Gasteiger partial charge on any atom is 0.472 e. The van der Waals surface area contributed by atoms with E-state index in [1.54, 1.807) is 24.3 Å². The van der Waals surface area contributed by atoms with Gasteiger partial charge in [-0.1, -0.05) is 119 Å². The van der Waals surface area contributed by atoms with Gasteiger partial charge in [-0.3, -0.25) is 18.6 Å². The third-order valence-electron chi connectivity index (χ3n) is 9.81. The van der Waals surface area contributed by atoms with E-state index in [1.807, 2.05) is 27.2 Å². The average molecular weight is 853 g/mol. The number of phosphoric ester groups is 1. The SMILES string of the molecule is CCCCC/C=C\C/C=C\C/C=C\C/C=C\CCCC(=O)OC[C@H](COP(=O)(O)OCC[N+](C)(C)C)OC(=O)C/C=C\C[C@H]1[C@@H](/C=C/[C@H](O)CCCCC)[C@H](O)C[C@@H]1O. The Balaban J connectivity index is 2.61. The van der Waals surface area contributed by atoms with Crippen LogP contribution in [-0.2, 0) is 32.7 Å². The minimum Gasteiger partial charge on any atom is -0.462 e. The Hall–Kier alpha value is -2.67. The van der Waals surface area contributed by atoms with E-state index in [0.717, 1.165) is 44.9 Å². The average Bonchev–Trinajstić information content (AvgIpc) is 3.44. The quantitative estimate of drug-likeness (QED) is 0.0161. The summed E-state index contributed by atoms with van der Waals surface area (Å²) in [7, 11) is 1.24. The molecule has 1 aliphatic carbocycles. The van der Waals surface area contributed by atoms with Crippen LogP contribution >= 0.6 is 7.82 Å². The van der Waals surface area contributed by atoms with Gasteiger partial charge in [-0.05, 0) is 63.7 Å². The largest absolute Gasteiger partial charge is 0.472 e. The van der Waals surface area contributed by atoms with Gasteiger partial charge in [0.2, 0.25) is 0 Å². The first-order valence-corrected chi connectivity index (χ1v) is 23.4. The lowest BCUT2D eigenvalue weighted by molar-refractivity contribution is -0.870. The van der Waals surface area contributed by atoms with Crippen molar-refractivity contribution in [3.8, 4) is 0 Å². The number of rotatable bonds is 34. The van der Waals surface area contributed by atoms with E-state index < -0.39 is 50.8 Å². The van der Waals surface area contributed by atoms with Gasteiger partial charge in [-0.25, -0.2) is 4.57 Å². The third kappa shape index (κ3) is 30.1. The molecule has 0 spiro atoms. The van der Waals surface area contributed by atoms with E-state index in [-0.39, 0.29) is 44.3 Å². The zero-order chi connectivity index (χ0) is 43.8. The predicted octanol–water partition coefficient (Wildman–Crippen LogP) is 8.62. The zero-order valence-electron chi connectivity index (χ0n) is 36.8. The fraction of sp³-hybridized carbons (Fsp3) is 0.696. The van der Waals surface area contributed by atoms with E-state index >= 15 is 0 Å². The van der Waals surface area contributed by atoms with Crippen molar-refractivity contribution >= 4 is 19.8 Å². The molecule has 7 atom stereocenters. The van der Waals surface area contributed by atoms with Gasteiger partial charge in [0.15, 0.2) is 6.10 Å². The van der Waals surface area contributed by atoms with Crippen molar-refractivity contribution in [2.24, 2.45) is 11.8 Å². The van der Waals surface area contributed by atoms with Crippen LogP contribution in [0, 0.1) is 11.8 Å². The van der Waals surface area contributed by atoms with Gasteiger partial charge in [0.25, 0.3) is 0 Å². The first-order chi connectivity index (χ1) is 28.2. The smallest absolute Gasteiger partial charge is 0.462 e. The first-order valence-electron chi connectivity index (χ1n) is 21.9. The summed E-state index contributed by atoms with van der Waals surface area (Å²) in [5.41, 5.74) is 0. The number of esters is 2. The first kappa shape index (κ1) is 54.3. The molecule has 4 N–H and O–H groups in total. The summed E-state index contributed by atoms with van der Waals surface area (Å²) in [5.74, 6) is -1.81. The predicted molar refractivity (Wildman–Crippen MR) is 235 cm³/mol. The van der Waals surface area contributed by atoms with E-state index in [4.69, 9.17) is 18.5 Å². The van der Waals surface area contributed by atoms with Crippen molar-refractivity contribution < 1.29 is 57.4 Å². The lowest BCUT2D eigenvalue weighted by Crippen LogP contribution is -2.37. The van der Waals surface area contributed by atoms with Crippen LogP contribution in [0.4, 0.5) is 0 Å². The summed E-state index contributed by atoms with van der Waals surface area (Å²) in [4.78, 5) is 35.6. The second kappa shape index (κ2) is 33.0. The lowest BCUT2D eigenvalue weighted by Gasteiger charge is -2.24. The standard InChI is InChI=1S/C46H78NO11P/c1-6-8-10-11-12-13-14-15-16-17-18-19-20-21-22-23-25-30-45(51)55-37-40(38-57-59(53,54)56-35-34-47(3,4)5)58-46(52)31-27-26-29-41-42(44(50)36-43(41)49)33-32-39(48)28-24-9-7-2/h12-13,15-16,18-19,21-22,26-27,32-33,39-44,48-50H,6-11,14,17,20,23-25,28-31,34-38H2,1-5H3/p+1/b13-12-,16-15-,19-18-,22-21-,27-26-,33-32+/t39-,40-,41+,42-,43+,44-/m1/s1. The molecule has 0 bridgehead atoms. The number of phosphoric acid groups is 1. The van der Waals surface area contributed by atoms with Crippen molar-refractivity contribution in [2.75, 3.05) is 47.5 Å². The van der Waals surface area contributed by atoms with Crippen LogP contribution in [-0.4, -0.2) is 109 Å². The maximum absolute atomic E-state index is 12.8. The van der Waals surface area contributed by atoms with E-state index in [1.165, 1.54) is 19.3 Å². The van der Waals surface area contributed by atoms with Crippen LogP contribution in [0.25, 0.3) is 0 Å². The molecule has 13 heteroatoms. The normalized spacial score (nSPS) is 21.2. The van der Waals surface area contributed by atoms with Crippen molar-refractivity contribution in [1.29, 1.82) is 0 Å². The summed E-state index contributed by atoms with van der Waals surface area (Å²) >= 11 is 0. The van der Waals surface area contributed by atoms with Crippen LogP contribution in [0.15, 0.2) is 72.9 Å². The minimum atomic E-state index is -4.49. The minimum absolute atomic E-state index is 0.0378. The van der Waals surface area contributed by atoms with Crippen LogP contribution < -0.4 is 0 Å². The fourth-order valence-electron chi connectivity index (χ4n) is 6.27. The van der Waals surface area contributed by atoms with E-state index in [9.17, 15) is 34.4 Å². The number of aliphatic hydroxyl groups is 3. The molecule has 59 heavy (non-hydrogen) atoms. The molecule has 1 aliphatic rings. The molecule has 0 aromatic heterocycles. The summed E-state index contributed by atoms with van der Waals surface area (Å²) in [6.45, 7) is 3.82. The molecule has 1 saturated carbocycles. The van der Waals surface area contributed by atoms with E-state index in [0.29, 0.717) is 36.7 Å². The van der Waals surface area contributed by atoms with Crippen molar-refractivity contribution in [3.63, 3.8) is 0 Å². The Morgan fingerprint density at radius 3 is 2.00 bits per heavy atom. The highest BCUT2D eigenvalue weighted by atomic mass is 31.2. The van der Waals surface area contributed by atoms with Gasteiger partial charge in [-0.2, -0.15) is 0 Å². The van der Waals surface area contributed by atoms with Gasteiger partial charge in [0, 0.05) is 18.8 Å². The Labute approximate surface area is 355 Å². The highest BCUT2D eigenvalue weighted by Gasteiger charge is 2.39. The topological polar surface area (TPSA) is 169 Å². The van der Waals surface area contributed by atoms with E-state index in [2.05, 4.69) is 56.4 Å². The number of aliphatic hydroxyl groups excluding tert-OH is 3. The third-order valence-corrected chi connectivity index (χ3v) is 10.8. The molecule has 0 radical (unpaired) electrons. The van der Waals surface area contributed by atoms with Crippen LogP contribution in [0.3, 0.4) is 0 Å². The number of ether oxygens (including phenoxy) is 2.